The molecule has 0 aliphatic carbocycles. The number of carbonyl (C=O) groups excluding carboxylic acids is 3. The summed E-state index contributed by atoms with van der Waals surface area (Å²) in [4.78, 5) is 42.5. The van der Waals surface area contributed by atoms with Gasteiger partial charge in [-0.3, -0.25) is 14.4 Å². The summed E-state index contributed by atoms with van der Waals surface area (Å²) in [6, 6.07) is 4.78. The molecule has 0 bridgehead atoms. The van der Waals surface area contributed by atoms with Gasteiger partial charge >= 0.3 is 10.2 Å². The van der Waals surface area contributed by atoms with Crippen molar-refractivity contribution in [2.45, 2.75) is 90.4 Å². The first-order valence-corrected chi connectivity index (χ1v) is 15.4. The van der Waals surface area contributed by atoms with Crippen molar-refractivity contribution in [3.8, 4) is 0 Å². The average molecular weight is 598 g/mol. The normalized spacial score (nSPS) is 14.4. The molecule has 0 saturated carbocycles. The van der Waals surface area contributed by atoms with E-state index in [1.807, 2.05) is 33.8 Å². The maximum atomic E-state index is 13.5. The summed E-state index contributed by atoms with van der Waals surface area (Å²) in [6.45, 7) is 7.78. The van der Waals surface area contributed by atoms with E-state index in [4.69, 9.17) is 11.3 Å². The Balaban J connectivity index is 3.10. The van der Waals surface area contributed by atoms with Gasteiger partial charge in [0.15, 0.2) is 0 Å². The summed E-state index contributed by atoms with van der Waals surface area (Å²) in [5.41, 5.74) is 15.3. The van der Waals surface area contributed by atoms with Crippen molar-refractivity contribution in [3.63, 3.8) is 0 Å². The first kappa shape index (κ1) is 35.8. The summed E-state index contributed by atoms with van der Waals surface area (Å²) in [6.07, 6.45) is 1.84. The molecule has 4 atom stereocenters. The molecule has 0 unspecified atom stereocenters. The van der Waals surface area contributed by atoms with E-state index in [0.717, 1.165) is 5.56 Å². The topological polar surface area (TPSA) is 196 Å². The van der Waals surface area contributed by atoms with Crippen LogP contribution < -0.4 is 21.7 Å². The Morgan fingerprint density at radius 1 is 0.927 bits per heavy atom. The van der Waals surface area contributed by atoms with Crippen LogP contribution in [-0.4, -0.2) is 62.6 Å². The molecule has 14 heteroatoms. The van der Waals surface area contributed by atoms with Crippen molar-refractivity contribution in [1.82, 2.24) is 16.0 Å². The molecule has 0 heterocycles. The van der Waals surface area contributed by atoms with Crippen molar-refractivity contribution >= 4 is 27.9 Å². The summed E-state index contributed by atoms with van der Waals surface area (Å²) in [5.74, 6) is -2.85. The Bertz CT molecular complexity index is 1130. The number of azide groups is 1. The minimum atomic E-state index is -4.87. The van der Waals surface area contributed by atoms with Gasteiger partial charge in [0, 0.05) is 11.0 Å². The first-order chi connectivity index (χ1) is 19.2. The molecule has 0 aliphatic rings. The van der Waals surface area contributed by atoms with E-state index in [2.05, 4.69) is 26.0 Å². The second-order valence-corrected chi connectivity index (χ2v) is 12.4. The molecule has 3 amide bonds. The smallest absolute Gasteiger partial charge is 0.304 e. The quantitative estimate of drug-likeness (QED) is 0.0622. The number of carbonyl (C=O) groups is 3. The predicted molar refractivity (Wildman–Crippen MR) is 156 cm³/mol. The van der Waals surface area contributed by atoms with Gasteiger partial charge in [-0.1, -0.05) is 69.6 Å². The molecule has 41 heavy (non-hydrogen) atoms. The number of nitrogens with one attached hydrogen (secondary N) is 3. The summed E-state index contributed by atoms with van der Waals surface area (Å²) < 4.78 is 36.1. The Morgan fingerprint density at radius 3 is 1.95 bits per heavy atom. The fourth-order valence-electron chi connectivity index (χ4n) is 4.31. The van der Waals surface area contributed by atoms with E-state index in [-0.39, 0.29) is 37.5 Å². The molecule has 0 aliphatic heterocycles. The summed E-state index contributed by atoms with van der Waals surface area (Å²) in [7, 11) is -4.87. The maximum Gasteiger partial charge on any atom is 0.304 e. The molecular formula is C27H44FN7O5S. The molecule has 1 aromatic rings. The van der Waals surface area contributed by atoms with Crippen LogP contribution in [-0.2, 0) is 31.0 Å². The average Bonchev–Trinajstić information content (AvgIpc) is 2.86. The highest BCUT2D eigenvalue weighted by Crippen LogP contribution is 2.13. The van der Waals surface area contributed by atoms with Crippen molar-refractivity contribution in [3.05, 3.63) is 46.3 Å². The zero-order valence-electron chi connectivity index (χ0n) is 24.3. The third kappa shape index (κ3) is 15.4. The number of hydrogen-bond donors (Lipinski definition) is 4. The van der Waals surface area contributed by atoms with Gasteiger partial charge in [0.2, 0.25) is 17.7 Å². The Morgan fingerprint density at radius 2 is 1.46 bits per heavy atom. The molecule has 0 spiro atoms. The van der Waals surface area contributed by atoms with Gasteiger partial charge in [0.25, 0.3) is 0 Å². The van der Waals surface area contributed by atoms with Crippen LogP contribution in [0.15, 0.2) is 35.4 Å². The van der Waals surface area contributed by atoms with Crippen LogP contribution in [0.1, 0.15) is 65.4 Å². The molecule has 12 nitrogen and oxygen atoms in total. The standard InChI is InChI=1S/C27H44FN7O5S/c1-18(2)14-22(25(36)31-21(12-8-9-13-29)17-41(28,39)40)32-26(37)23(15-19(3)4)33-27(38)24(34-35-30)16-20-10-6-5-7-11-20/h5-7,10-11,18-19,21-24H,8-9,12-17,29H2,1-4H3,(H,31,36)(H,32,37)(H,33,38)/t21-,22-,23-,24-/m0/s1. The van der Waals surface area contributed by atoms with Gasteiger partial charge in [-0.2, -0.15) is 8.42 Å². The third-order valence-corrected chi connectivity index (χ3v) is 7.00. The molecule has 5 N–H and O–H groups in total. The Kier molecular flexibility index (Phi) is 15.9. The molecule has 1 rings (SSSR count). The van der Waals surface area contributed by atoms with Crippen molar-refractivity contribution in [2.75, 3.05) is 12.3 Å². The largest absolute Gasteiger partial charge is 0.350 e. The molecule has 230 valence electrons. The summed E-state index contributed by atoms with van der Waals surface area (Å²) >= 11 is 0. The van der Waals surface area contributed by atoms with Crippen LogP contribution in [0.25, 0.3) is 10.4 Å². The Labute approximate surface area is 242 Å². The number of unbranched alkanes of at least 4 members (excludes halogenated alkanes) is 1. The van der Waals surface area contributed by atoms with Gasteiger partial charge in [-0.15, -0.1) is 3.89 Å². The number of benzene rings is 1. The summed E-state index contributed by atoms with van der Waals surface area (Å²) in [5, 5.41) is 11.5. The van der Waals surface area contributed by atoms with E-state index in [0.29, 0.717) is 19.4 Å². The lowest BCUT2D eigenvalue weighted by Crippen LogP contribution is -2.56. The zero-order chi connectivity index (χ0) is 31.0. The number of hydrogen-bond acceptors (Lipinski definition) is 7. The molecular weight excluding hydrogens is 553 g/mol. The van der Waals surface area contributed by atoms with Gasteiger partial charge in [-0.05, 0) is 61.6 Å². The van der Waals surface area contributed by atoms with Crippen LogP contribution in [0, 0.1) is 11.8 Å². The highest BCUT2D eigenvalue weighted by atomic mass is 32.3. The van der Waals surface area contributed by atoms with Crippen molar-refractivity contribution < 1.29 is 26.7 Å². The number of halogens is 1. The van der Waals surface area contributed by atoms with Gasteiger partial charge in [0.1, 0.15) is 23.9 Å². The second kappa shape index (κ2) is 18.3. The van der Waals surface area contributed by atoms with E-state index < -0.39 is 57.9 Å². The fourth-order valence-corrected chi connectivity index (χ4v) is 5.04. The first-order valence-electron chi connectivity index (χ1n) is 13.9. The number of rotatable bonds is 19. The van der Waals surface area contributed by atoms with E-state index in [9.17, 15) is 26.7 Å². The molecule has 1 aromatic carbocycles. The zero-order valence-corrected chi connectivity index (χ0v) is 25.1. The molecule has 0 fully saturated rings. The van der Waals surface area contributed by atoms with Crippen molar-refractivity contribution in [1.29, 1.82) is 0 Å². The minimum Gasteiger partial charge on any atom is -0.350 e. The van der Waals surface area contributed by atoms with E-state index >= 15 is 0 Å². The van der Waals surface area contributed by atoms with E-state index in [1.165, 1.54) is 0 Å². The third-order valence-electron chi connectivity index (χ3n) is 6.20. The van der Waals surface area contributed by atoms with Crippen LogP contribution >= 0.6 is 0 Å². The van der Waals surface area contributed by atoms with Crippen LogP contribution in [0.4, 0.5) is 3.89 Å². The Hall–Kier alpha value is -3.22. The van der Waals surface area contributed by atoms with Gasteiger partial charge in [0.05, 0.1) is 0 Å². The number of nitrogens with zero attached hydrogens (tertiary/aromatic N) is 3. The van der Waals surface area contributed by atoms with Gasteiger partial charge in [-0.25, -0.2) is 0 Å². The second-order valence-electron chi connectivity index (χ2n) is 11.0. The number of nitrogens with two attached hydrogens (primary N) is 1. The van der Waals surface area contributed by atoms with Crippen LogP contribution in [0.3, 0.4) is 0 Å². The van der Waals surface area contributed by atoms with Gasteiger partial charge < -0.3 is 21.7 Å². The molecule has 0 saturated heterocycles. The monoisotopic (exact) mass is 597 g/mol. The molecule has 0 radical (unpaired) electrons. The van der Waals surface area contributed by atoms with E-state index in [1.54, 1.807) is 24.3 Å². The fraction of sp³-hybridized carbons (Fsp3) is 0.667. The highest BCUT2D eigenvalue weighted by molar-refractivity contribution is 7.86. The van der Waals surface area contributed by atoms with Crippen LogP contribution in [0.2, 0.25) is 0 Å². The maximum absolute atomic E-state index is 13.5. The highest BCUT2D eigenvalue weighted by Gasteiger charge is 2.31. The van der Waals surface area contributed by atoms with Crippen LogP contribution in [0.5, 0.6) is 0 Å². The predicted octanol–water partition coefficient (Wildman–Crippen LogP) is 2.88. The minimum absolute atomic E-state index is 0.0165. The number of amides is 3. The SMILES string of the molecule is CC(C)C[C@H](NC(=O)[C@H](Cc1ccccc1)N=[N+]=[N-])C(=O)N[C@@H](CC(C)C)C(=O)N[C@@H](CCCCN)CS(=O)(=O)F. The lowest BCUT2D eigenvalue weighted by molar-refractivity contribution is -0.133. The molecule has 0 aromatic heterocycles. The van der Waals surface area contributed by atoms with Crippen molar-refractivity contribution in [2.24, 2.45) is 22.7 Å². The lowest BCUT2D eigenvalue weighted by atomic mass is 9.99. The lowest BCUT2D eigenvalue weighted by Gasteiger charge is -2.27.